The Bertz CT molecular complexity index is 463. The van der Waals surface area contributed by atoms with Crippen molar-refractivity contribution >= 4 is 11.8 Å². The highest BCUT2D eigenvalue weighted by molar-refractivity contribution is 5.85. The van der Waals surface area contributed by atoms with Crippen LogP contribution in [0.25, 0.3) is 0 Å². The lowest BCUT2D eigenvalue weighted by Gasteiger charge is -2.10. The van der Waals surface area contributed by atoms with E-state index in [4.69, 9.17) is 0 Å². The maximum Gasteiger partial charge on any atom is 0.239 e. The van der Waals surface area contributed by atoms with Crippen LogP contribution in [0, 0.1) is 5.82 Å². The molecule has 2 amide bonds. The van der Waals surface area contributed by atoms with Gasteiger partial charge in [0.2, 0.25) is 11.8 Å². The van der Waals surface area contributed by atoms with Crippen LogP contribution in [0.3, 0.4) is 0 Å². The van der Waals surface area contributed by atoms with Crippen LogP contribution in [0.4, 0.5) is 4.39 Å². The van der Waals surface area contributed by atoms with Crippen LogP contribution in [0.2, 0.25) is 0 Å². The summed E-state index contributed by atoms with van der Waals surface area (Å²) in [6.45, 7) is 1.20. The van der Waals surface area contributed by atoms with Gasteiger partial charge in [-0.05, 0) is 31.8 Å². The Morgan fingerprint density at radius 1 is 1.20 bits per heavy atom. The number of carbonyl (C=O) groups is 2. The predicted octanol–water partition coefficient (Wildman–Crippen LogP) is 0.162. The molecule has 0 saturated carbocycles. The van der Waals surface area contributed by atoms with Crippen molar-refractivity contribution in [3.05, 3.63) is 35.6 Å². The minimum absolute atomic E-state index is 0.0583. The Morgan fingerprint density at radius 3 is 2.60 bits per heavy atom. The standard InChI is InChI=1S/C14H20FN3O2/c1-18(2)7-6-16-14(20)10-17-13(19)9-11-4-3-5-12(15)8-11/h3-5,8H,6-7,9-10H2,1-2H3,(H,16,20)(H,17,19). The molecule has 2 N–H and O–H groups in total. The fourth-order valence-electron chi connectivity index (χ4n) is 1.56. The molecular weight excluding hydrogens is 261 g/mol. The minimum Gasteiger partial charge on any atom is -0.353 e. The Hall–Kier alpha value is -1.95. The van der Waals surface area contributed by atoms with Crippen molar-refractivity contribution in [3.8, 4) is 0 Å². The van der Waals surface area contributed by atoms with E-state index in [9.17, 15) is 14.0 Å². The van der Waals surface area contributed by atoms with Gasteiger partial charge in [-0.15, -0.1) is 0 Å². The molecule has 0 bridgehead atoms. The number of hydrogen-bond donors (Lipinski definition) is 2. The van der Waals surface area contributed by atoms with E-state index in [1.807, 2.05) is 19.0 Å². The van der Waals surface area contributed by atoms with Gasteiger partial charge < -0.3 is 15.5 Å². The van der Waals surface area contributed by atoms with E-state index in [0.717, 1.165) is 6.54 Å². The zero-order valence-corrected chi connectivity index (χ0v) is 11.8. The fraction of sp³-hybridized carbons (Fsp3) is 0.429. The highest BCUT2D eigenvalue weighted by Crippen LogP contribution is 2.03. The molecule has 1 aromatic rings. The van der Waals surface area contributed by atoms with Crippen LogP contribution in [0.5, 0.6) is 0 Å². The van der Waals surface area contributed by atoms with Crippen LogP contribution in [-0.4, -0.2) is 50.4 Å². The smallest absolute Gasteiger partial charge is 0.239 e. The Labute approximate surface area is 118 Å². The minimum atomic E-state index is -0.378. The molecule has 0 radical (unpaired) electrons. The zero-order valence-electron chi connectivity index (χ0n) is 11.8. The molecule has 1 aromatic carbocycles. The van der Waals surface area contributed by atoms with Gasteiger partial charge in [-0.25, -0.2) is 4.39 Å². The lowest BCUT2D eigenvalue weighted by Crippen LogP contribution is -2.39. The normalized spacial score (nSPS) is 10.4. The molecule has 0 unspecified atom stereocenters. The molecular formula is C14H20FN3O2. The monoisotopic (exact) mass is 281 g/mol. The summed E-state index contributed by atoms with van der Waals surface area (Å²) in [6.07, 6.45) is 0.0583. The molecule has 0 atom stereocenters. The second-order valence-electron chi connectivity index (χ2n) is 4.74. The van der Waals surface area contributed by atoms with Gasteiger partial charge in [0.25, 0.3) is 0 Å². The van der Waals surface area contributed by atoms with Crippen LogP contribution in [0.15, 0.2) is 24.3 Å². The first kappa shape index (κ1) is 16.1. The molecule has 110 valence electrons. The van der Waals surface area contributed by atoms with Crippen molar-refractivity contribution in [2.45, 2.75) is 6.42 Å². The second kappa shape index (κ2) is 8.27. The summed E-state index contributed by atoms with van der Waals surface area (Å²) < 4.78 is 12.9. The summed E-state index contributed by atoms with van der Waals surface area (Å²) in [6, 6.07) is 5.84. The van der Waals surface area contributed by atoms with E-state index >= 15 is 0 Å². The van der Waals surface area contributed by atoms with Gasteiger partial charge in [0.1, 0.15) is 5.82 Å². The van der Waals surface area contributed by atoms with Gasteiger partial charge in [0.15, 0.2) is 0 Å². The first-order valence-electron chi connectivity index (χ1n) is 6.40. The molecule has 6 heteroatoms. The average molecular weight is 281 g/mol. The number of nitrogens with one attached hydrogen (secondary N) is 2. The van der Waals surface area contributed by atoms with Crippen molar-refractivity contribution in [2.24, 2.45) is 0 Å². The fourth-order valence-corrected chi connectivity index (χ4v) is 1.56. The number of hydrogen-bond acceptors (Lipinski definition) is 3. The molecule has 0 aliphatic rings. The first-order chi connectivity index (χ1) is 9.47. The summed E-state index contributed by atoms with van der Waals surface area (Å²) in [5.74, 6) is -0.922. The summed E-state index contributed by atoms with van der Waals surface area (Å²) in [4.78, 5) is 25.0. The van der Waals surface area contributed by atoms with E-state index in [1.54, 1.807) is 12.1 Å². The van der Waals surface area contributed by atoms with Crippen LogP contribution >= 0.6 is 0 Å². The number of likely N-dealkylation sites (N-methyl/N-ethyl adjacent to an activating group) is 1. The van der Waals surface area contributed by atoms with Crippen molar-refractivity contribution in [1.29, 1.82) is 0 Å². The summed E-state index contributed by atoms with van der Waals surface area (Å²) in [7, 11) is 3.82. The van der Waals surface area contributed by atoms with Gasteiger partial charge in [-0.2, -0.15) is 0 Å². The molecule has 0 saturated heterocycles. The molecule has 0 aliphatic carbocycles. The van der Waals surface area contributed by atoms with Crippen molar-refractivity contribution < 1.29 is 14.0 Å². The van der Waals surface area contributed by atoms with Crippen molar-refractivity contribution in [1.82, 2.24) is 15.5 Å². The topological polar surface area (TPSA) is 61.4 Å². The Kier molecular flexibility index (Phi) is 6.66. The molecule has 0 fully saturated rings. The molecule has 0 aliphatic heterocycles. The van der Waals surface area contributed by atoms with Crippen molar-refractivity contribution in [3.63, 3.8) is 0 Å². The van der Waals surface area contributed by atoms with E-state index in [2.05, 4.69) is 10.6 Å². The highest BCUT2D eigenvalue weighted by Gasteiger charge is 2.06. The van der Waals surface area contributed by atoms with Crippen LogP contribution < -0.4 is 10.6 Å². The molecule has 0 aromatic heterocycles. The Balaban J connectivity index is 2.24. The summed E-state index contributed by atoms with van der Waals surface area (Å²) >= 11 is 0. The number of rotatable bonds is 7. The van der Waals surface area contributed by atoms with Gasteiger partial charge in [0.05, 0.1) is 13.0 Å². The maximum absolute atomic E-state index is 12.9. The third kappa shape index (κ3) is 6.84. The molecule has 1 rings (SSSR count). The number of benzene rings is 1. The third-order valence-corrected chi connectivity index (χ3v) is 2.58. The maximum atomic E-state index is 12.9. The molecule has 0 heterocycles. The highest BCUT2D eigenvalue weighted by atomic mass is 19.1. The van der Waals surface area contributed by atoms with E-state index in [-0.39, 0.29) is 30.6 Å². The number of halogens is 1. The van der Waals surface area contributed by atoms with E-state index in [1.165, 1.54) is 12.1 Å². The van der Waals surface area contributed by atoms with Gasteiger partial charge in [-0.3, -0.25) is 9.59 Å². The SMILES string of the molecule is CN(C)CCNC(=O)CNC(=O)Cc1cccc(F)c1. The molecule has 0 spiro atoms. The van der Waals surface area contributed by atoms with Gasteiger partial charge in [-0.1, -0.05) is 12.1 Å². The number of amides is 2. The number of carbonyl (C=O) groups excluding carboxylic acids is 2. The van der Waals surface area contributed by atoms with E-state index < -0.39 is 0 Å². The summed E-state index contributed by atoms with van der Waals surface area (Å²) in [5.41, 5.74) is 0.579. The summed E-state index contributed by atoms with van der Waals surface area (Å²) in [5, 5.41) is 5.19. The first-order valence-corrected chi connectivity index (χ1v) is 6.40. The van der Waals surface area contributed by atoms with Gasteiger partial charge in [0, 0.05) is 13.1 Å². The predicted molar refractivity (Wildman–Crippen MR) is 74.7 cm³/mol. The molecule has 5 nitrogen and oxygen atoms in total. The lowest BCUT2D eigenvalue weighted by molar-refractivity contribution is -0.125. The largest absolute Gasteiger partial charge is 0.353 e. The zero-order chi connectivity index (χ0) is 15.0. The Morgan fingerprint density at radius 2 is 1.95 bits per heavy atom. The average Bonchev–Trinajstić information content (AvgIpc) is 2.36. The van der Waals surface area contributed by atoms with Gasteiger partial charge >= 0.3 is 0 Å². The van der Waals surface area contributed by atoms with Crippen LogP contribution in [0.1, 0.15) is 5.56 Å². The van der Waals surface area contributed by atoms with Crippen LogP contribution in [-0.2, 0) is 16.0 Å². The molecule has 20 heavy (non-hydrogen) atoms. The number of nitrogens with zero attached hydrogens (tertiary/aromatic N) is 1. The quantitative estimate of drug-likeness (QED) is 0.748. The van der Waals surface area contributed by atoms with Crippen molar-refractivity contribution in [2.75, 3.05) is 33.7 Å². The third-order valence-electron chi connectivity index (χ3n) is 2.58. The van der Waals surface area contributed by atoms with E-state index in [0.29, 0.717) is 12.1 Å². The lowest BCUT2D eigenvalue weighted by atomic mass is 10.1. The second-order valence-corrected chi connectivity index (χ2v) is 4.74.